The zero-order valence-corrected chi connectivity index (χ0v) is 17.3. The van der Waals surface area contributed by atoms with Gasteiger partial charge in [-0.15, -0.1) is 24.8 Å². The van der Waals surface area contributed by atoms with Crippen LogP contribution < -0.4 is 10.6 Å². The minimum atomic E-state index is -3.51. The van der Waals surface area contributed by atoms with Crippen molar-refractivity contribution in [1.29, 1.82) is 0 Å². The van der Waals surface area contributed by atoms with Crippen LogP contribution in [0, 0.1) is 5.92 Å². The normalized spacial score (nSPS) is 15.6. The Morgan fingerprint density at radius 1 is 1.23 bits per heavy atom. The molecule has 1 aliphatic heterocycles. The van der Waals surface area contributed by atoms with Crippen molar-refractivity contribution in [3.05, 3.63) is 24.5 Å². The van der Waals surface area contributed by atoms with Crippen LogP contribution in [-0.2, 0) is 14.8 Å². The quantitative estimate of drug-likeness (QED) is 0.613. The molecule has 0 radical (unpaired) electrons. The molecule has 1 amide bonds. The van der Waals surface area contributed by atoms with Gasteiger partial charge in [-0.05, 0) is 37.9 Å². The third-order valence-electron chi connectivity index (χ3n) is 4.12. The van der Waals surface area contributed by atoms with Crippen molar-refractivity contribution in [2.75, 3.05) is 32.7 Å². The second-order valence-electron chi connectivity index (χ2n) is 5.91. The Bertz CT molecular complexity index is 624. The van der Waals surface area contributed by atoms with Gasteiger partial charge in [-0.25, -0.2) is 8.42 Å². The number of hydrogen-bond acceptors (Lipinski definition) is 5. The van der Waals surface area contributed by atoms with E-state index in [1.54, 1.807) is 18.3 Å². The molecular formula is C16H28Cl2N4O3S. The van der Waals surface area contributed by atoms with E-state index < -0.39 is 10.0 Å². The molecule has 150 valence electrons. The molecule has 1 saturated heterocycles. The first-order chi connectivity index (χ1) is 11.6. The summed E-state index contributed by atoms with van der Waals surface area (Å²) in [5.41, 5.74) is 0. The minimum Gasteiger partial charge on any atom is -0.355 e. The third-order valence-corrected chi connectivity index (χ3v) is 6.01. The first kappa shape index (κ1) is 25.1. The largest absolute Gasteiger partial charge is 0.355 e. The summed E-state index contributed by atoms with van der Waals surface area (Å²) in [6.45, 7) is 5.13. The lowest BCUT2D eigenvalue weighted by atomic mass is 9.97. The number of nitrogens with zero attached hydrogens (tertiary/aromatic N) is 2. The molecule has 2 heterocycles. The van der Waals surface area contributed by atoms with E-state index >= 15 is 0 Å². The Labute approximate surface area is 168 Å². The fourth-order valence-electron chi connectivity index (χ4n) is 2.73. The Balaban J connectivity index is 0.00000312. The predicted molar refractivity (Wildman–Crippen MR) is 106 cm³/mol. The van der Waals surface area contributed by atoms with Gasteiger partial charge in [0.05, 0.1) is 0 Å². The molecule has 1 fully saturated rings. The van der Waals surface area contributed by atoms with E-state index in [-0.39, 0.29) is 41.5 Å². The van der Waals surface area contributed by atoms with Gasteiger partial charge in [-0.3, -0.25) is 9.78 Å². The molecule has 1 aromatic heterocycles. The number of carbonyl (C=O) groups is 1. The van der Waals surface area contributed by atoms with Gasteiger partial charge in [0.2, 0.25) is 15.9 Å². The molecular weight excluding hydrogens is 399 g/mol. The molecule has 0 unspecified atom stereocenters. The molecule has 0 bridgehead atoms. The molecule has 10 heteroatoms. The van der Waals surface area contributed by atoms with E-state index in [9.17, 15) is 13.2 Å². The molecule has 0 aromatic carbocycles. The number of halogens is 2. The monoisotopic (exact) mass is 426 g/mol. The number of pyridine rings is 1. The maximum Gasteiger partial charge on any atom is 0.244 e. The van der Waals surface area contributed by atoms with Crippen molar-refractivity contribution < 1.29 is 13.2 Å². The summed E-state index contributed by atoms with van der Waals surface area (Å²) in [5, 5.41) is 6.15. The van der Waals surface area contributed by atoms with E-state index in [1.807, 2.05) is 0 Å². The van der Waals surface area contributed by atoms with Gasteiger partial charge < -0.3 is 10.6 Å². The third kappa shape index (κ3) is 7.00. The van der Waals surface area contributed by atoms with Crippen LogP contribution in [0.25, 0.3) is 0 Å². The van der Waals surface area contributed by atoms with Gasteiger partial charge in [0, 0.05) is 44.5 Å². The lowest BCUT2D eigenvalue weighted by molar-refractivity contribution is -0.126. The number of nitrogens with one attached hydrogen (secondary N) is 2. The lowest BCUT2D eigenvalue weighted by Crippen LogP contribution is -2.44. The van der Waals surface area contributed by atoms with Gasteiger partial charge in [-0.2, -0.15) is 4.31 Å². The minimum absolute atomic E-state index is 0. The number of amides is 1. The topological polar surface area (TPSA) is 91.4 Å². The highest BCUT2D eigenvalue weighted by Gasteiger charge is 2.31. The molecule has 0 saturated carbocycles. The van der Waals surface area contributed by atoms with Crippen molar-refractivity contribution in [3.8, 4) is 0 Å². The molecule has 7 nitrogen and oxygen atoms in total. The molecule has 1 aromatic rings. The van der Waals surface area contributed by atoms with E-state index in [0.717, 1.165) is 19.5 Å². The van der Waals surface area contributed by atoms with E-state index in [2.05, 4.69) is 22.5 Å². The number of sulfonamides is 1. The highest BCUT2D eigenvalue weighted by atomic mass is 35.5. The van der Waals surface area contributed by atoms with Crippen molar-refractivity contribution >= 4 is 40.7 Å². The highest BCUT2D eigenvalue weighted by Crippen LogP contribution is 2.23. The molecule has 0 spiro atoms. The maximum atomic E-state index is 12.5. The first-order valence-corrected chi connectivity index (χ1v) is 9.88. The Morgan fingerprint density at radius 2 is 1.92 bits per heavy atom. The zero-order valence-electron chi connectivity index (χ0n) is 14.9. The summed E-state index contributed by atoms with van der Waals surface area (Å²) >= 11 is 0. The van der Waals surface area contributed by atoms with Crippen LogP contribution in [0.4, 0.5) is 0 Å². The lowest BCUT2D eigenvalue weighted by Gasteiger charge is -2.30. The maximum absolute atomic E-state index is 12.5. The number of hydrogen-bond donors (Lipinski definition) is 2. The zero-order chi connectivity index (χ0) is 17.4. The Hall–Kier alpha value is -0.930. The molecule has 1 aliphatic rings. The van der Waals surface area contributed by atoms with Crippen LogP contribution >= 0.6 is 24.8 Å². The average Bonchev–Trinajstić information content (AvgIpc) is 2.62. The fourth-order valence-corrected chi connectivity index (χ4v) is 4.16. The van der Waals surface area contributed by atoms with Gasteiger partial charge in [-0.1, -0.05) is 6.92 Å². The van der Waals surface area contributed by atoms with Crippen LogP contribution in [-0.4, -0.2) is 56.3 Å². The number of rotatable bonds is 8. The molecule has 2 N–H and O–H groups in total. The van der Waals surface area contributed by atoms with Gasteiger partial charge in [0.25, 0.3) is 0 Å². The van der Waals surface area contributed by atoms with Crippen LogP contribution in [0.3, 0.4) is 0 Å². The second kappa shape index (κ2) is 12.5. The summed E-state index contributed by atoms with van der Waals surface area (Å²) in [4.78, 5) is 16.2. The first-order valence-electron chi connectivity index (χ1n) is 8.44. The van der Waals surface area contributed by atoms with E-state index in [1.165, 1.54) is 10.5 Å². The van der Waals surface area contributed by atoms with Crippen molar-refractivity contribution in [1.82, 2.24) is 19.9 Å². The smallest absolute Gasteiger partial charge is 0.244 e. The number of carbonyl (C=O) groups excluding carboxylic acids is 1. The molecule has 0 aliphatic carbocycles. The second-order valence-corrected chi connectivity index (χ2v) is 7.85. The number of aromatic nitrogens is 1. The van der Waals surface area contributed by atoms with E-state index in [0.29, 0.717) is 32.5 Å². The van der Waals surface area contributed by atoms with Crippen molar-refractivity contribution in [2.45, 2.75) is 31.1 Å². The molecule has 26 heavy (non-hydrogen) atoms. The van der Waals surface area contributed by atoms with Gasteiger partial charge >= 0.3 is 0 Å². The Kier molecular flexibility index (Phi) is 12.0. The van der Waals surface area contributed by atoms with Gasteiger partial charge in [0.15, 0.2) is 0 Å². The standard InChI is InChI=1S/C16H26N4O3S.2ClH/c1-2-7-17-9-10-19-16(21)14-5-11-20(12-6-14)24(22,23)15-4-3-8-18-13-15;;/h3-4,8,13-14,17H,2,5-7,9-12H2,1H3,(H,19,21);2*1H. The summed E-state index contributed by atoms with van der Waals surface area (Å²) in [5.74, 6) is -0.0942. The number of piperidine rings is 1. The SMILES string of the molecule is CCCNCCNC(=O)C1CCN(S(=O)(=O)c2cccnc2)CC1.Cl.Cl. The molecule has 0 atom stereocenters. The van der Waals surface area contributed by atoms with E-state index in [4.69, 9.17) is 0 Å². The summed E-state index contributed by atoms with van der Waals surface area (Å²) in [6.07, 6.45) is 5.07. The summed E-state index contributed by atoms with van der Waals surface area (Å²) in [6, 6.07) is 3.16. The van der Waals surface area contributed by atoms with Crippen LogP contribution in [0.5, 0.6) is 0 Å². The summed E-state index contributed by atoms with van der Waals surface area (Å²) < 4.78 is 26.5. The van der Waals surface area contributed by atoms with Crippen LogP contribution in [0.1, 0.15) is 26.2 Å². The summed E-state index contributed by atoms with van der Waals surface area (Å²) in [7, 11) is -3.51. The van der Waals surface area contributed by atoms with Gasteiger partial charge in [0.1, 0.15) is 4.90 Å². The van der Waals surface area contributed by atoms with Crippen LogP contribution in [0.15, 0.2) is 29.4 Å². The average molecular weight is 427 g/mol. The van der Waals surface area contributed by atoms with Crippen molar-refractivity contribution in [2.24, 2.45) is 5.92 Å². The molecule has 2 rings (SSSR count). The fraction of sp³-hybridized carbons (Fsp3) is 0.625. The van der Waals surface area contributed by atoms with Crippen LogP contribution in [0.2, 0.25) is 0 Å². The highest BCUT2D eigenvalue weighted by molar-refractivity contribution is 7.89. The predicted octanol–water partition coefficient (Wildman–Crippen LogP) is 1.44. The Morgan fingerprint density at radius 3 is 2.50 bits per heavy atom. The van der Waals surface area contributed by atoms with Crippen molar-refractivity contribution in [3.63, 3.8) is 0 Å².